The molecule has 128 valence electrons. The van der Waals surface area contributed by atoms with Crippen LogP contribution in [-0.4, -0.2) is 59.6 Å². The molecule has 1 aromatic carbocycles. The summed E-state index contributed by atoms with van der Waals surface area (Å²) >= 11 is 0. The number of aryl methyl sites for hydroxylation is 1. The molecule has 2 aromatic rings. The summed E-state index contributed by atoms with van der Waals surface area (Å²) in [5.41, 5.74) is 0.290. The van der Waals surface area contributed by atoms with Crippen LogP contribution in [0.4, 0.5) is 4.39 Å². The molecule has 0 spiro atoms. The highest BCUT2D eigenvalue weighted by atomic mass is 19.1. The third-order valence-electron chi connectivity index (χ3n) is 4.16. The first-order chi connectivity index (χ1) is 11.5. The van der Waals surface area contributed by atoms with E-state index in [0.29, 0.717) is 36.9 Å². The zero-order valence-electron chi connectivity index (χ0n) is 13.8. The van der Waals surface area contributed by atoms with Gasteiger partial charge < -0.3 is 14.2 Å². The predicted molar refractivity (Wildman–Crippen MR) is 83.3 cm³/mol. The van der Waals surface area contributed by atoms with Crippen molar-refractivity contribution in [3.63, 3.8) is 0 Å². The molecule has 2 heterocycles. The second kappa shape index (κ2) is 6.56. The van der Waals surface area contributed by atoms with Crippen LogP contribution in [0.2, 0.25) is 0 Å². The zero-order chi connectivity index (χ0) is 17.3. The highest BCUT2D eigenvalue weighted by Crippen LogP contribution is 2.25. The third-order valence-corrected chi connectivity index (χ3v) is 4.16. The van der Waals surface area contributed by atoms with E-state index in [1.165, 1.54) is 19.2 Å². The van der Waals surface area contributed by atoms with Gasteiger partial charge in [-0.05, 0) is 32.2 Å². The number of benzene rings is 1. The van der Waals surface area contributed by atoms with Crippen molar-refractivity contribution in [2.24, 2.45) is 0 Å². The minimum absolute atomic E-state index is 0.115. The van der Waals surface area contributed by atoms with Crippen LogP contribution in [0.15, 0.2) is 22.7 Å². The number of methoxy groups -OCH3 is 1. The van der Waals surface area contributed by atoms with Crippen LogP contribution in [0.5, 0.6) is 5.75 Å². The van der Waals surface area contributed by atoms with Gasteiger partial charge in [-0.2, -0.15) is 4.98 Å². The summed E-state index contributed by atoms with van der Waals surface area (Å²) in [6.07, 6.45) is 0. The molecule has 0 N–H and O–H groups in total. The second-order valence-electron chi connectivity index (χ2n) is 5.78. The van der Waals surface area contributed by atoms with Gasteiger partial charge in [0.15, 0.2) is 17.4 Å². The summed E-state index contributed by atoms with van der Waals surface area (Å²) in [6.45, 7) is 3.37. The third kappa shape index (κ3) is 3.09. The van der Waals surface area contributed by atoms with E-state index in [-0.39, 0.29) is 17.7 Å². The van der Waals surface area contributed by atoms with E-state index in [1.54, 1.807) is 17.9 Å². The van der Waals surface area contributed by atoms with Crippen LogP contribution >= 0.6 is 0 Å². The number of carbonyl (C=O) groups is 1. The van der Waals surface area contributed by atoms with Crippen LogP contribution in [0.3, 0.4) is 0 Å². The van der Waals surface area contributed by atoms with Gasteiger partial charge in [0, 0.05) is 25.2 Å². The van der Waals surface area contributed by atoms with Gasteiger partial charge in [0.25, 0.3) is 5.91 Å². The molecule has 24 heavy (non-hydrogen) atoms. The quantitative estimate of drug-likeness (QED) is 0.850. The summed E-state index contributed by atoms with van der Waals surface area (Å²) in [7, 11) is 3.33. The fraction of sp³-hybridized carbons (Fsp3) is 0.438. The molecular weight excluding hydrogens is 315 g/mol. The molecule has 1 saturated heterocycles. The minimum Gasteiger partial charge on any atom is -0.494 e. The average Bonchev–Trinajstić information content (AvgIpc) is 3.01. The second-order valence-corrected chi connectivity index (χ2v) is 5.78. The maximum absolute atomic E-state index is 13.8. The van der Waals surface area contributed by atoms with Gasteiger partial charge in [-0.25, -0.2) is 4.39 Å². The van der Waals surface area contributed by atoms with Gasteiger partial charge in [0.05, 0.1) is 7.11 Å². The first-order valence-electron chi connectivity index (χ1n) is 7.63. The Morgan fingerprint density at radius 2 is 2.21 bits per heavy atom. The lowest BCUT2D eigenvalue weighted by Crippen LogP contribution is -2.49. The van der Waals surface area contributed by atoms with E-state index < -0.39 is 5.82 Å². The van der Waals surface area contributed by atoms with Gasteiger partial charge in [0.2, 0.25) is 5.89 Å². The van der Waals surface area contributed by atoms with E-state index in [1.807, 2.05) is 7.05 Å². The molecule has 0 saturated carbocycles. The number of ether oxygens (including phenoxy) is 1. The minimum atomic E-state index is -0.554. The van der Waals surface area contributed by atoms with Crippen molar-refractivity contribution in [2.75, 3.05) is 33.8 Å². The molecule has 1 aromatic heterocycles. The molecule has 0 aliphatic carbocycles. The lowest BCUT2D eigenvalue weighted by Gasteiger charge is -2.37. The van der Waals surface area contributed by atoms with Gasteiger partial charge in [-0.1, -0.05) is 5.16 Å². The van der Waals surface area contributed by atoms with E-state index in [9.17, 15) is 9.18 Å². The van der Waals surface area contributed by atoms with Crippen LogP contribution in [0.1, 0.15) is 28.1 Å². The van der Waals surface area contributed by atoms with Crippen molar-refractivity contribution in [1.29, 1.82) is 0 Å². The number of halogens is 1. The SMILES string of the molecule is COc1ccc(C(=O)N2CCN(C)[C@@H](c3nc(C)no3)C2)cc1F. The molecular formula is C16H19FN4O3. The fourth-order valence-electron chi connectivity index (χ4n) is 2.76. The summed E-state index contributed by atoms with van der Waals surface area (Å²) in [5.74, 6) is 0.365. The summed E-state index contributed by atoms with van der Waals surface area (Å²) in [6, 6.07) is 4.05. The molecule has 0 unspecified atom stereocenters. The topological polar surface area (TPSA) is 71.7 Å². The normalized spacial score (nSPS) is 18.7. The number of hydrogen-bond acceptors (Lipinski definition) is 6. The Kier molecular flexibility index (Phi) is 4.48. The Bertz CT molecular complexity index is 749. The number of nitrogens with zero attached hydrogens (tertiary/aromatic N) is 4. The molecule has 1 atom stereocenters. The van der Waals surface area contributed by atoms with Crippen LogP contribution in [0, 0.1) is 12.7 Å². The average molecular weight is 334 g/mol. The first-order valence-corrected chi connectivity index (χ1v) is 7.63. The Labute approximate surface area is 139 Å². The zero-order valence-corrected chi connectivity index (χ0v) is 13.8. The Morgan fingerprint density at radius 1 is 1.42 bits per heavy atom. The largest absolute Gasteiger partial charge is 0.494 e. The van der Waals surface area contributed by atoms with Crippen molar-refractivity contribution in [1.82, 2.24) is 19.9 Å². The highest BCUT2D eigenvalue weighted by molar-refractivity contribution is 5.94. The molecule has 3 rings (SSSR count). The van der Waals surface area contributed by atoms with Crippen molar-refractivity contribution >= 4 is 5.91 Å². The molecule has 1 fully saturated rings. The number of rotatable bonds is 3. The molecule has 8 heteroatoms. The molecule has 1 amide bonds. The van der Waals surface area contributed by atoms with Gasteiger partial charge in [0.1, 0.15) is 6.04 Å². The number of carbonyl (C=O) groups excluding carboxylic acids is 1. The molecule has 7 nitrogen and oxygen atoms in total. The van der Waals surface area contributed by atoms with Crippen molar-refractivity contribution in [2.45, 2.75) is 13.0 Å². The van der Waals surface area contributed by atoms with E-state index in [4.69, 9.17) is 9.26 Å². The summed E-state index contributed by atoms with van der Waals surface area (Å²) in [5, 5.41) is 3.81. The van der Waals surface area contributed by atoms with Gasteiger partial charge >= 0.3 is 0 Å². The number of aromatic nitrogens is 2. The number of amides is 1. The van der Waals surface area contributed by atoms with E-state index in [0.717, 1.165) is 0 Å². The standard InChI is InChI=1S/C16H19FN4O3/c1-10-18-15(24-19-10)13-9-21(7-6-20(13)2)16(22)11-4-5-14(23-3)12(17)8-11/h4-5,8,13H,6-7,9H2,1-3H3/t13-/m1/s1. The smallest absolute Gasteiger partial charge is 0.254 e. The van der Waals surface area contributed by atoms with Crippen molar-refractivity contribution in [3.05, 3.63) is 41.3 Å². The summed E-state index contributed by atoms with van der Waals surface area (Å²) < 4.78 is 24.0. The molecule has 0 radical (unpaired) electrons. The highest BCUT2D eigenvalue weighted by Gasteiger charge is 2.32. The van der Waals surface area contributed by atoms with Crippen LogP contribution in [-0.2, 0) is 0 Å². The molecule has 1 aliphatic heterocycles. The van der Waals surface area contributed by atoms with Crippen LogP contribution in [0.25, 0.3) is 0 Å². The Hall–Kier alpha value is -2.48. The van der Waals surface area contributed by atoms with E-state index in [2.05, 4.69) is 15.0 Å². The molecule has 1 aliphatic rings. The number of piperazine rings is 1. The van der Waals surface area contributed by atoms with Gasteiger partial charge in [-0.15, -0.1) is 0 Å². The Balaban J connectivity index is 1.79. The first kappa shape index (κ1) is 16.4. The molecule has 0 bridgehead atoms. The van der Waals surface area contributed by atoms with Crippen molar-refractivity contribution in [3.8, 4) is 5.75 Å². The lowest BCUT2D eigenvalue weighted by molar-refractivity contribution is 0.0488. The maximum Gasteiger partial charge on any atom is 0.254 e. The van der Waals surface area contributed by atoms with E-state index >= 15 is 0 Å². The number of hydrogen-bond donors (Lipinski definition) is 0. The predicted octanol–water partition coefficient (Wildman–Crippen LogP) is 1.65. The van der Waals surface area contributed by atoms with Crippen molar-refractivity contribution < 1.29 is 18.4 Å². The lowest BCUT2D eigenvalue weighted by atomic mass is 10.1. The van der Waals surface area contributed by atoms with Gasteiger partial charge in [-0.3, -0.25) is 9.69 Å². The maximum atomic E-state index is 13.8. The summed E-state index contributed by atoms with van der Waals surface area (Å²) in [4.78, 5) is 20.7. The van der Waals surface area contributed by atoms with Crippen LogP contribution < -0.4 is 4.74 Å². The number of likely N-dealkylation sites (N-methyl/N-ethyl adjacent to an activating group) is 1. The Morgan fingerprint density at radius 3 is 2.83 bits per heavy atom. The fourth-order valence-corrected chi connectivity index (χ4v) is 2.76. The monoisotopic (exact) mass is 334 g/mol.